The van der Waals surface area contributed by atoms with Gasteiger partial charge >= 0.3 is 0 Å². The van der Waals surface area contributed by atoms with E-state index in [9.17, 15) is 0 Å². The minimum atomic E-state index is 0.440. The van der Waals surface area contributed by atoms with Crippen LogP contribution in [-0.4, -0.2) is 4.98 Å². The van der Waals surface area contributed by atoms with Crippen LogP contribution in [0.3, 0.4) is 0 Å². The highest BCUT2D eigenvalue weighted by Crippen LogP contribution is 2.37. The average Bonchev–Trinajstić information content (AvgIpc) is 2.39. The maximum absolute atomic E-state index is 6.12. The monoisotopic (exact) mass is 255 g/mol. The summed E-state index contributed by atoms with van der Waals surface area (Å²) in [6.45, 7) is 8.77. The van der Waals surface area contributed by atoms with Gasteiger partial charge in [-0.2, -0.15) is 0 Å². The summed E-state index contributed by atoms with van der Waals surface area (Å²) in [5.74, 6) is 2.72. The first-order chi connectivity index (χ1) is 9.09. The van der Waals surface area contributed by atoms with Crippen LogP contribution in [0, 0.1) is 0 Å². The van der Waals surface area contributed by atoms with Gasteiger partial charge in [0.05, 0.1) is 0 Å². The van der Waals surface area contributed by atoms with E-state index in [0.717, 1.165) is 11.5 Å². The van der Waals surface area contributed by atoms with Crippen LogP contribution in [0.4, 0.5) is 0 Å². The summed E-state index contributed by atoms with van der Waals surface area (Å²) in [6.07, 6.45) is 3.50. The van der Waals surface area contributed by atoms with Crippen LogP contribution in [0.5, 0.6) is 11.5 Å². The maximum Gasteiger partial charge on any atom is 0.134 e. The average molecular weight is 255 g/mol. The van der Waals surface area contributed by atoms with Crippen molar-refractivity contribution in [3.63, 3.8) is 0 Å². The molecule has 0 unspecified atom stereocenters. The minimum absolute atomic E-state index is 0.440. The zero-order chi connectivity index (χ0) is 13.8. The molecular formula is C17H21NO. The summed E-state index contributed by atoms with van der Waals surface area (Å²) >= 11 is 0. The predicted molar refractivity (Wildman–Crippen MR) is 78.9 cm³/mol. The largest absolute Gasteiger partial charge is 0.457 e. The molecule has 0 bridgehead atoms. The van der Waals surface area contributed by atoms with Crippen molar-refractivity contribution in [1.82, 2.24) is 4.98 Å². The first-order valence-corrected chi connectivity index (χ1v) is 6.80. The summed E-state index contributed by atoms with van der Waals surface area (Å²) in [6, 6.07) is 10.2. The van der Waals surface area contributed by atoms with E-state index in [4.69, 9.17) is 4.74 Å². The van der Waals surface area contributed by atoms with Gasteiger partial charge in [0.15, 0.2) is 0 Å². The number of nitrogens with zero attached hydrogens (tertiary/aromatic N) is 1. The molecule has 0 N–H and O–H groups in total. The number of ether oxygens (including phenoxy) is 1. The van der Waals surface area contributed by atoms with Gasteiger partial charge < -0.3 is 4.74 Å². The number of pyridine rings is 1. The fraction of sp³-hybridized carbons (Fsp3) is 0.353. The lowest BCUT2D eigenvalue weighted by atomic mass is 9.94. The van der Waals surface area contributed by atoms with E-state index in [1.54, 1.807) is 12.4 Å². The third-order valence-corrected chi connectivity index (χ3v) is 3.19. The zero-order valence-electron chi connectivity index (χ0n) is 12.1. The van der Waals surface area contributed by atoms with Crippen LogP contribution < -0.4 is 4.74 Å². The molecule has 0 amide bonds. The standard InChI is InChI=1S/C17H21NO/c1-12(2)15-6-5-7-16(13(3)4)17(15)19-14-8-10-18-11-9-14/h5-13H,1-4H3. The highest BCUT2D eigenvalue weighted by molar-refractivity contribution is 5.47. The Kier molecular flexibility index (Phi) is 4.20. The molecule has 0 aliphatic rings. The molecule has 0 aliphatic carbocycles. The molecule has 1 aromatic carbocycles. The second-order valence-electron chi connectivity index (χ2n) is 5.36. The molecule has 1 heterocycles. The van der Waals surface area contributed by atoms with E-state index in [0.29, 0.717) is 11.8 Å². The maximum atomic E-state index is 6.12. The molecule has 0 atom stereocenters. The van der Waals surface area contributed by atoms with E-state index in [1.807, 2.05) is 12.1 Å². The molecular weight excluding hydrogens is 234 g/mol. The van der Waals surface area contributed by atoms with E-state index in [2.05, 4.69) is 50.9 Å². The smallest absolute Gasteiger partial charge is 0.134 e. The topological polar surface area (TPSA) is 22.1 Å². The van der Waals surface area contributed by atoms with Crippen molar-refractivity contribution >= 4 is 0 Å². The van der Waals surface area contributed by atoms with Gasteiger partial charge in [-0.15, -0.1) is 0 Å². The fourth-order valence-electron chi connectivity index (χ4n) is 2.12. The highest BCUT2D eigenvalue weighted by atomic mass is 16.5. The van der Waals surface area contributed by atoms with Crippen LogP contribution in [0.15, 0.2) is 42.7 Å². The number of hydrogen-bond acceptors (Lipinski definition) is 2. The van der Waals surface area contributed by atoms with E-state index < -0.39 is 0 Å². The zero-order valence-corrected chi connectivity index (χ0v) is 12.1. The molecule has 0 radical (unpaired) electrons. The van der Waals surface area contributed by atoms with Gasteiger partial charge in [-0.1, -0.05) is 45.9 Å². The van der Waals surface area contributed by atoms with Crippen molar-refractivity contribution in [1.29, 1.82) is 0 Å². The molecule has 2 heteroatoms. The van der Waals surface area contributed by atoms with Crippen molar-refractivity contribution in [2.24, 2.45) is 0 Å². The molecule has 0 spiro atoms. The van der Waals surface area contributed by atoms with E-state index >= 15 is 0 Å². The van der Waals surface area contributed by atoms with Gasteiger partial charge in [0.25, 0.3) is 0 Å². The van der Waals surface area contributed by atoms with Gasteiger partial charge in [-0.05, 0) is 35.1 Å². The first-order valence-electron chi connectivity index (χ1n) is 6.80. The quantitative estimate of drug-likeness (QED) is 0.756. The number of aromatic nitrogens is 1. The normalized spacial score (nSPS) is 11.1. The molecule has 19 heavy (non-hydrogen) atoms. The van der Waals surface area contributed by atoms with Gasteiger partial charge in [-0.3, -0.25) is 4.98 Å². The third kappa shape index (κ3) is 3.14. The van der Waals surface area contributed by atoms with Crippen LogP contribution >= 0.6 is 0 Å². The summed E-state index contributed by atoms with van der Waals surface area (Å²) in [5.41, 5.74) is 2.51. The Hall–Kier alpha value is -1.83. The summed E-state index contributed by atoms with van der Waals surface area (Å²) in [7, 11) is 0. The Balaban J connectivity index is 2.46. The fourth-order valence-corrected chi connectivity index (χ4v) is 2.12. The Morgan fingerprint density at radius 2 is 1.37 bits per heavy atom. The molecule has 1 aromatic heterocycles. The number of benzene rings is 1. The van der Waals surface area contributed by atoms with Crippen molar-refractivity contribution < 1.29 is 4.74 Å². The van der Waals surface area contributed by atoms with Crippen molar-refractivity contribution in [3.8, 4) is 11.5 Å². The number of para-hydroxylation sites is 1. The number of rotatable bonds is 4. The highest BCUT2D eigenvalue weighted by Gasteiger charge is 2.15. The summed E-state index contributed by atoms with van der Waals surface area (Å²) < 4.78 is 6.12. The van der Waals surface area contributed by atoms with Crippen molar-refractivity contribution in [3.05, 3.63) is 53.9 Å². The lowest BCUT2D eigenvalue weighted by Crippen LogP contribution is -2.00. The molecule has 0 aliphatic heterocycles. The second kappa shape index (κ2) is 5.87. The van der Waals surface area contributed by atoms with E-state index in [-0.39, 0.29) is 0 Å². The Bertz CT molecular complexity index is 506. The molecule has 2 aromatic rings. The molecule has 0 fully saturated rings. The van der Waals surface area contributed by atoms with Crippen LogP contribution in [0.1, 0.15) is 50.7 Å². The summed E-state index contributed by atoms with van der Waals surface area (Å²) in [4.78, 5) is 4.02. The van der Waals surface area contributed by atoms with Crippen molar-refractivity contribution in [2.75, 3.05) is 0 Å². The SMILES string of the molecule is CC(C)c1cccc(C(C)C)c1Oc1ccncc1. The van der Waals surface area contributed by atoms with Crippen LogP contribution in [-0.2, 0) is 0 Å². The molecule has 0 saturated heterocycles. The lowest BCUT2D eigenvalue weighted by Gasteiger charge is -2.19. The predicted octanol–water partition coefficient (Wildman–Crippen LogP) is 5.12. The third-order valence-electron chi connectivity index (χ3n) is 3.19. The first kappa shape index (κ1) is 13.6. The Morgan fingerprint density at radius 1 is 0.842 bits per heavy atom. The van der Waals surface area contributed by atoms with Gasteiger partial charge in [0, 0.05) is 12.4 Å². The number of hydrogen-bond donors (Lipinski definition) is 0. The molecule has 100 valence electrons. The van der Waals surface area contributed by atoms with Crippen LogP contribution in [0.25, 0.3) is 0 Å². The second-order valence-corrected chi connectivity index (χ2v) is 5.36. The summed E-state index contributed by atoms with van der Waals surface area (Å²) in [5, 5.41) is 0. The van der Waals surface area contributed by atoms with Gasteiger partial charge in [0.1, 0.15) is 11.5 Å². The lowest BCUT2D eigenvalue weighted by molar-refractivity contribution is 0.463. The molecule has 0 saturated carbocycles. The van der Waals surface area contributed by atoms with Crippen LogP contribution in [0.2, 0.25) is 0 Å². The van der Waals surface area contributed by atoms with Gasteiger partial charge in [-0.25, -0.2) is 0 Å². The minimum Gasteiger partial charge on any atom is -0.457 e. The Labute approximate surface area is 115 Å². The Morgan fingerprint density at radius 3 is 1.84 bits per heavy atom. The van der Waals surface area contributed by atoms with E-state index in [1.165, 1.54) is 11.1 Å². The molecule has 2 rings (SSSR count). The van der Waals surface area contributed by atoms with Gasteiger partial charge in [0.2, 0.25) is 0 Å². The van der Waals surface area contributed by atoms with Crippen molar-refractivity contribution in [2.45, 2.75) is 39.5 Å². The molecule has 2 nitrogen and oxygen atoms in total.